The van der Waals surface area contributed by atoms with Crippen LogP contribution in [0.3, 0.4) is 0 Å². The van der Waals surface area contributed by atoms with Gasteiger partial charge in [-0.3, -0.25) is 14.5 Å². The zero-order valence-electron chi connectivity index (χ0n) is 20.7. The maximum absolute atomic E-state index is 13.3. The number of piperidine rings is 1. The van der Waals surface area contributed by atoms with Gasteiger partial charge in [-0.15, -0.1) is 0 Å². The van der Waals surface area contributed by atoms with E-state index < -0.39 is 23.4 Å². The second-order valence-electron chi connectivity index (χ2n) is 9.92. The predicted molar refractivity (Wildman–Crippen MR) is 135 cm³/mol. The van der Waals surface area contributed by atoms with Gasteiger partial charge in [0, 0.05) is 30.9 Å². The number of urea groups is 1. The van der Waals surface area contributed by atoms with Crippen molar-refractivity contribution in [2.75, 3.05) is 43.1 Å². The van der Waals surface area contributed by atoms with E-state index in [-0.39, 0.29) is 6.54 Å². The fourth-order valence-corrected chi connectivity index (χ4v) is 4.88. The van der Waals surface area contributed by atoms with Gasteiger partial charge in [0.2, 0.25) is 5.91 Å². The van der Waals surface area contributed by atoms with Crippen LogP contribution in [0.4, 0.5) is 16.2 Å². The number of ether oxygens (including phenoxy) is 2. The molecule has 2 aromatic carbocycles. The van der Waals surface area contributed by atoms with E-state index in [1.54, 1.807) is 25.1 Å². The maximum Gasteiger partial charge on any atom is 0.325 e. The van der Waals surface area contributed by atoms with Crippen LogP contribution in [0.15, 0.2) is 42.5 Å². The second kappa shape index (κ2) is 9.72. The van der Waals surface area contributed by atoms with Crippen molar-refractivity contribution in [3.63, 3.8) is 0 Å². The van der Waals surface area contributed by atoms with Crippen molar-refractivity contribution < 1.29 is 23.9 Å². The van der Waals surface area contributed by atoms with Crippen molar-refractivity contribution in [1.82, 2.24) is 10.2 Å². The first-order valence-electron chi connectivity index (χ1n) is 12.5. The normalized spacial score (nSPS) is 22.3. The Morgan fingerprint density at radius 3 is 2.47 bits per heavy atom. The van der Waals surface area contributed by atoms with Crippen molar-refractivity contribution >= 4 is 29.2 Å². The smallest absolute Gasteiger partial charge is 0.325 e. The summed E-state index contributed by atoms with van der Waals surface area (Å²) >= 11 is 0. The van der Waals surface area contributed by atoms with Gasteiger partial charge >= 0.3 is 6.03 Å². The van der Waals surface area contributed by atoms with Gasteiger partial charge in [0.1, 0.15) is 12.1 Å². The van der Waals surface area contributed by atoms with Crippen molar-refractivity contribution in [3.8, 4) is 11.5 Å². The third-order valence-corrected chi connectivity index (χ3v) is 7.20. The van der Waals surface area contributed by atoms with Gasteiger partial charge in [0.25, 0.3) is 5.91 Å². The summed E-state index contributed by atoms with van der Waals surface area (Å²) in [4.78, 5) is 42.0. The van der Waals surface area contributed by atoms with Gasteiger partial charge < -0.3 is 25.0 Å². The first-order chi connectivity index (χ1) is 17.3. The summed E-state index contributed by atoms with van der Waals surface area (Å²) in [5.41, 5.74) is 0.998. The molecule has 0 aliphatic carbocycles. The molecule has 3 aliphatic heterocycles. The van der Waals surface area contributed by atoms with Crippen LogP contribution in [-0.4, -0.2) is 55.6 Å². The Morgan fingerprint density at radius 2 is 1.75 bits per heavy atom. The number of imide groups is 1. The lowest BCUT2D eigenvalue weighted by Crippen LogP contribution is -2.42. The Kier molecular flexibility index (Phi) is 6.47. The molecule has 2 aromatic rings. The molecule has 190 valence electrons. The van der Waals surface area contributed by atoms with E-state index in [9.17, 15) is 14.4 Å². The molecular weight excluding hydrogens is 460 g/mol. The molecule has 4 amide bonds. The first kappa shape index (κ1) is 24.0. The summed E-state index contributed by atoms with van der Waals surface area (Å²) in [5.74, 6) is 0.958. The molecule has 0 spiro atoms. The molecule has 0 radical (unpaired) electrons. The number of rotatable bonds is 5. The lowest BCUT2D eigenvalue weighted by molar-refractivity contribution is -0.133. The van der Waals surface area contributed by atoms with Crippen LogP contribution in [0.5, 0.6) is 11.5 Å². The number of amides is 4. The molecule has 2 N–H and O–H groups in total. The van der Waals surface area contributed by atoms with Gasteiger partial charge in [-0.25, -0.2) is 4.79 Å². The number of anilines is 2. The highest BCUT2D eigenvalue weighted by Gasteiger charge is 2.49. The summed E-state index contributed by atoms with van der Waals surface area (Å²) in [5, 5.41) is 5.53. The van der Waals surface area contributed by atoms with Crippen molar-refractivity contribution in [2.24, 2.45) is 5.92 Å². The molecule has 2 fully saturated rings. The van der Waals surface area contributed by atoms with Crippen LogP contribution in [0.2, 0.25) is 0 Å². The molecule has 2 saturated heterocycles. The van der Waals surface area contributed by atoms with Gasteiger partial charge in [0.05, 0.1) is 13.2 Å². The lowest BCUT2D eigenvalue weighted by Gasteiger charge is -2.32. The number of nitrogens with zero attached hydrogens (tertiary/aromatic N) is 2. The van der Waals surface area contributed by atoms with Crippen LogP contribution in [0, 0.1) is 5.92 Å². The molecule has 3 aliphatic rings. The SMILES string of the molecule is CC1CCN(c2ccc(NC(=O)CN3C(=O)N[C@@](C)(c4ccc5c(c4)OCCCO5)C3=O)cc2)CC1. The predicted octanol–water partition coefficient (Wildman–Crippen LogP) is 3.49. The standard InChI is InChI=1S/C27H32N4O5/c1-18-10-12-30(13-11-18)21-7-5-20(6-8-21)28-24(32)17-31-25(33)27(2,29-26(31)34)19-4-9-22-23(16-19)36-15-3-14-35-22/h4-9,16,18H,3,10-15,17H2,1-2H3,(H,28,32)(H,29,34)/t27-/m0/s1. The van der Waals surface area contributed by atoms with E-state index in [0.29, 0.717) is 36.0 Å². The van der Waals surface area contributed by atoms with Crippen LogP contribution >= 0.6 is 0 Å². The minimum atomic E-state index is -1.31. The Hall–Kier alpha value is -3.75. The van der Waals surface area contributed by atoms with Crippen LogP contribution in [0.25, 0.3) is 0 Å². The van der Waals surface area contributed by atoms with E-state index >= 15 is 0 Å². The minimum Gasteiger partial charge on any atom is -0.490 e. The molecule has 1 atom stereocenters. The zero-order valence-corrected chi connectivity index (χ0v) is 20.7. The largest absolute Gasteiger partial charge is 0.490 e. The van der Waals surface area contributed by atoms with Gasteiger partial charge in [0.15, 0.2) is 11.5 Å². The Bertz CT molecular complexity index is 1160. The molecular formula is C27H32N4O5. The zero-order chi connectivity index (χ0) is 25.3. The average molecular weight is 493 g/mol. The number of carbonyl (C=O) groups is 3. The van der Waals surface area contributed by atoms with Crippen molar-refractivity contribution in [1.29, 1.82) is 0 Å². The minimum absolute atomic E-state index is 0.378. The van der Waals surface area contributed by atoms with Crippen molar-refractivity contribution in [2.45, 2.75) is 38.6 Å². The fourth-order valence-electron chi connectivity index (χ4n) is 4.88. The van der Waals surface area contributed by atoms with E-state index in [1.165, 1.54) is 12.8 Å². The molecule has 0 aromatic heterocycles. The van der Waals surface area contributed by atoms with Crippen LogP contribution < -0.4 is 25.0 Å². The van der Waals surface area contributed by atoms with E-state index in [1.807, 2.05) is 24.3 Å². The second-order valence-corrected chi connectivity index (χ2v) is 9.92. The highest BCUT2D eigenvalue weighted by atomic mass is 16.5. The molecule has 9 nitrogen and oxygen atoms in total. The molecule has 0 unspecified atom stereocenters. The fraction of sp³-hybridized carbons (Fsp3) is 0.444. The van der Waals surface area contributed by atoms with Gasteiger partial charge in [-0.2, -0.15) is 0 Å². The first-order valence-corrected chi connectivity index (χ1v) is 12.5. The summed E-state index contributed by atoms with van der Waals surface area (Å²) in [6, 6.07) is 12.2. The van der Waals surface area contributed by atoms with Crippen LogP contribution in [0.1, 0.15) is 38.7 Å². The summed E-state index contributed by atoms with van der Waals surface area (Å²) in [7, 11) is 0. The van der Waals surface area contributed by atoms with Crippen LogP contribution in [-0.2, 0) is 15.1 Å². The number of fused-ring (bicyclic) bond motifs is 1. The van der Waals surface area contributed by atoms with Crippen molar-refractivity contribution in [3.05, 3.63) is 48.0 Å². The molecule has 3 heterocycles. The third-order valence-electron chi connectivity index (χ3n) is 7.20. The van der Waals surface area contributed by atoms with E-state index in [2.05, 4.69) is 22.5 Å². The molecule has 0 saturated carbocycles. The number of carbonyl (C=O) groups excluding carboxylic acids is 3. The Morgan fingerprint density at radius 1 is 1.06 bits per heavy atom. The van der Waals surface area contributed by atoms with Gasteiger partial charge in [-0.05, 0) is 67.6 Å². The number of benzene rings is 2. The monoisotopic (exact) mass is 492 g/mol. The quantitative estimate of drug-likeness (QED) is 0.620. The van der Waals surface area contributed by atoms with E-state index in [0.717, 1.165) is 36.0 Å². The highest BCUT2D eigenvalue weighted by molar-refractivity contribution is 6.10. The molecule has 9 heteroatoms. The average Bonchev–Trinajstić information content (AvgIpc) is 3.02. The number of hydrogen-bond donors (Lipinski definition) is 2. The summed E-state index contributed by atoms with van der Waals surface area (Å²) in [6.45, 7) is 6.66. The summed E-state index contributed by atoms with van der Waals surface area (Å²) < 4.78 is 11.4. The molecule has 5 rings (SSSR count). The maximum atomic E-state index is 13.3. The Labute approximate surface area is 210 Å². The highest BCUT2D eigenvalue weighted by Crippen LogP contribution is 2.36. The Balaban J connectivity index is 1.23. The summed E-state index contributed by atoms with van der Waals surface area (Å²) in [6.07, 6.45) is 3.12. The number of hydrogen-bond acceptors (Lipinski definition) is 6. The number of nitrogens with one attached hydrogen (secondary N) is 2. The lowest BCUT2D eigenvalue weighted by atomic mass is 9.91. The third kappa shape index (κ3) is 4.69. The topological polar surface area (TPSA) is 100 Å². The molecule has 0 bridgehead atoms. The molecule has 36 heavy (non-hydrogen) atoms. The van der Waals surface area contributed by atoms with Gasteiger partial charge in [-0.1, -0.05) is 13.0 Å². The van der Waals surface area contributed by atoms with E-state index in [4.69, 9.17) is 9.47 Å².